The summed E-state index contributed by atoms with van der Waals surface area (Å²) in [5.74, 6) is -2.26. The van der Waals surface area contributed by atoms with E-state index in [0.29, 0.717) is 17.4 Å². The summed E-state index contributed by atoms with van der Waals surface area (Å²) in [4.78, 5) is 37.2. The van der Waals surface area contributed by atoms with Crippen LogP contribution in [0.4, 0.5) is 0 Å². The molecule has 0 radical (unpaired) electrons. The highest BCUT2D eigenvalue weighted by Crippen LogP contribution is 2.17. The molecule has 0 aromatic heterocycles. The number of allylic oxidation sites excluding steroid dienone is 6. The maximum atomic E-state index is 12.9. The van der Waals surface area contributed by atoms with Gasteiger partial charge in [0.25, 0.3) is 0 Å². The van der Waals surface area contributed by atoms with Crippen LogP contribution in [0.1, 0.15) is 284 Å². The van der Waals surface area contributed by atoms with E-state index in [4.69, 9.17) is 18.9 Å². The molecule has 0 saturated carbocycles. The molecule has 0 rings (SSSR count). The molecule has 0 aromatic rings. The Kier molecular flexibility index (Phi) is 51.9. The first-order chi connectivity index (χ1) is 34.6. The third-order valence-electron chi connectivity index (χ3n) is 13.4. The standard InChI is InChI=1S/C62H115NO8/c1-6-8-10-12-14-16-18-20-21-22-23-24-25-26-27-28-29-30-31-32-33-34-35-36-37-38-39-41-43-45-47-49-51-53-60(65)71-58(57-70-62(61(66)67)68-55-54-63(3,4)5)56-69-59(64)52-50-48-46-44-42-40-19-17-15-13-11-9-7-2/h18,20,22-23,25-26,58,62H,6-17,19,21,24,27-57H2,1-5H3/b20-18-,23-22-,26-25-. The Morgan fingerprint density at radius 2 is 0.761 bits per heavy atom. The summed E-state index contributed by atoms with van der Waals surface area (Å²) in [7, 11) is 5.93. The second kappa shape index (κ2) is 53.8. The van der Waals surface area contributed by atoms with Crippen LogP contribution in [0.15, 0.2) is 36.5 Å². The van der Waals surface area contributed by atoms with Crippen LogP contribution in [-0.2, 0) is 33.3 Å². The van der Waals surface area contributed by atoms with E-state index in [9.17, 15) is 19.5 Å². The van der Waals surface area contributed by atoms with Crippen molar-refractivity contribution in [2.24, 2.45) is 0 Å². The van der Waals surface area contributed by atoms with Gasteiger partial charge in [-0.2, -0.15) is 0 Å². The monoisotopic (exact) mass is 1000 g/mol. The fraction of sp³-hybridized carbons (Fsp3) is 0.855. The Bertz CT molecular complexity index is 1260. The van der Waals surface area contributed by atoms with Crippen LogP contribution in [0.5, 0.6) is 0 Å². The highest BCUT2D eigenvalue weighted by Gasteiger charge is 2.22. The van der Waals surface area contributed by atoms with Crippen LogP contribution < -0.4 is 5.11 Å². The Hall–Kier alpha value is -2.49. The lowest BCUT2D eigenvalue weighted by Crippen LogP contribution is -2.44. The fourth-order valence-corrected chi connectivity index (χ4v) is 8.72. The number of carboxylic acid groups (broad SMARTS) is 1. The predicted octanol–water partition coefficient (Wildman–Crippen LogP) is 16.3. The van der Waals surface area contributed by atoms with Gasteiger partial charge in [0, 0.05) is 12.8 Å². The Balaban J connectivity index is 4.05. The summed E-state index contributed by atoms with van der Waals surface area (Å²) < 4.78 is 22.7. The van der Waals surface area contributed by atoms with Crippen molar-refractivity contribution in [3.63, 3.8) is 0 Å². The third-order valence-corrected chi connectivity index (χ3v) is 13.4. The van der Waals surface area contributed by atoms with Gasteiger partial charge >= 0.3 is 11.9 Å². The van der Waals surface area contributed by atoms with Crippen LogP contribution in [0.25, 0.3) is 0 Å². The molecule has 71 heavy (non-hydrogen) atoms. The summed E-state index contributed by atoms with van der Waals surface area (Å²) in [5.41, 5.74) is 0. The molecule has 0 spiro atoms. The number of aliphatic carboxylic acids is 1. The van der Waals surface area contributed by atoms with E-state index in [-0.39, 0.29) is 32.2 Å². The summed E-state index contributed by atoms with van der Waals surface area (Å²) >= 11 is 0. The minimum absolute atomic E-state index is 0.150. The molecule has 0 heterocycles. The maximum absolute atomic E-state index is 12.9. The summed E-state index contributed by atoms with van der Waals surface area (Å²) in [5, 5.41) is 11.8. The van der Waals surface area contributed by atoms with E-state index >= 15 is 0 Å². The molecule has 0 fully saturated rings. The van der Waals surface area contributed by atoms with E-state index in [1.807, 2.05) is 21.1 Å². The Labute approximate surface area is 439 Å². The second-order valence-electron chi connectivity index (χ2n) is 21.6. The van der Waals surface area contributed by atoms with Crippen molar-refractivity contribution in [2.45, 2.75) is 296 Å². The number of carbonyl (C=O) groups is 3. The first kappa shape index (κ1) is 68.5. The zero-order valence-corrected chi connectivity index (χ0v) is 47.4. The zero-order valence-electron chi connectivity index (χ0n) is 47.4. The van der Waals surface area contributed by atoms with Crippen molar-refractivity contribution < 1.29 is 42.9 Å². The van der Waals surface area contributed by atoms with E-state index < -0.39 is 24.3 Å². The van der Waals surface area contributed by atoms with E-state index in [0.717, 1.165) is 51.4 Å². The average Bonchev–Trinajstić information content (AvgIpc) is 3.34. The van der Waals surface area contributed by atoms with Crippen molar-refractivity contribution in [3.8, 4) is 0 Å². The van der Waals surface area contributed by atoms with Crippen LogP contribution in [0, 0.1) is 0 Å². The number of likely N-dealkylation sites (N-methyl/N-ethyl adjacent to an activating group) is 1. The number of unbranched alkanes of at least 4 members (excludes halogenated alkanes) is 35. The van der Waals surface area contributed by atoms with Gasteiger partial charge in [-0.1, -0.05) is 256 Å². The molecule has 0 amide bonds. The van der Waals surface area contributed by atoms with Gasteiger partial charge < -0.3 is 33.3 Å². The average molecular weight is 1000 g/mol. The number of carbonyl (C=O) groups excluding carboxylic acids is 3. The van der Waals surface area contributed by atoms with Crippen LogP contribution >= 0.6 is 0 Å². The quantitative estimate of drug-likeness (QED) is 0.0195. The van der Waals surface area contributed by atoms with E-state index in [2.05, 4.69) is 50.3 Å². The first-order valence-corrected chi connectivity index (χ1v) is 30.1. The van der Waals surface area contributed by atoms with Crippen molar-refractivity contribution in [3.05, 3.63) is 36.5 Å². The van der Waals surface area contributed by atoms with E-state index in [1.165, 1.54) is 205 Å². The molecule has 0 saturated heterocycles. The molecular formula is C62H115NO8. The molecule has 416 valence electrons. The molecule has 2 atom stereocenters. The fourth-order valence-electron chi connectivity index (χ4n) is 8.72. The highest BCUT2D eigenvalue weighted by atomic mass is 16.7. The number of quaternary nitrogens is 1. The molecule has 0 aromatic carbocycles. The molecule has 0 N–H and O–H groups in total. The lowest BCUT2D eigenvalue weighted by atomic mass is 10.0. The second-order valence-corrected chi connectivity index (χ2v) is 21.6. The SMILES string of the molecule is CCCCCCC/C=C\C/C=C\C/C=C\CCCCCCCCCCCCCCCCCCCCC(=O)OC(COC(=O)CCCCCCCCCCCCCCC)COC(OCC[N+](C)(C)C)C(=O)[O-]. The van der Waals surface area contributed by atoms with Gasteiger partial charge in [-0.25, -0.2) is 0 Å². The van der Waals surface area contributed by atoms with Crippen LogP contribution in [-0.4, -0.2) is 82.3 Å². The molecule has 0 bridgehead atoms. The topological polar surface area (TPSA) is 111 Å². The van der Waals surface area contributed by atoms with Crippen molar-refractivity contribution >= 4 is 17.9 Å². The first-order valence-electron chi connectivity index (χ1n) is 30.1. The Morgan fingerprint density at radius 3 is 1.13 bits per heavy atom. The number of hydrogen-bond acceptors (Lipinski definition) is 8. The Morgan fingerprint density at radius 1 is 0.423 bits per heavy atom. The molecule has 0 aliphatic carbocycles. The zero-order chi connectivity index (χ0) is 52.0. The van der Waals surface area contributed by atoms with Crippen LogP contribution in [0.3, 0.4) is 0 Å². The largest absolute Gasteiger partial charge is 0.545 e. The van der Waals surface area contributed by atoms with Gasteiger partial charge in [0.1, 0.15) is 13.2 Å². The third kappa shape index (κ3) is 55.1. The summed E-state index contributed by atoms with van der Waals surface area (Å²) in [6.45, 7) is 4.77. The smallest absolute Gasteiger partial charge is 0.306 e. The van der Waals surface area contributed by atoms with Gasteiger partial charge in [0.15, 0.2) is 12.4 Å². The molecule has 0 aliphatic rings. The van der Waals surface area contributed by atoms with E-state index in [1.54, 1.807) is 0 Å². The number of hydrogen-bond donors (Lipinski definition) is 0. The normalized spacial score (nSPS) is 13.0. The number of carboxylic acids is 1. The number of esters is 2. The predicted molar refractivity (Wildman–Crippen MR) is 297 cm³/mol. The van der Waals surface area contributed by atoms with Crippen molar-refractivity contribution in [1.82, 2.24) is 0 Å². The minimum atomic E-state index is -1.62. The molecule has 2 unspecified atom stereocenters. The maximum Gasteiger partial charge on any atom is 0.306 e. The van der Waals surface area contributed by atoms with Gasteiger partial charge in [-0.15, -0.1) is 0 Å². The summed E-state index contributed by atoms with van der Waals surface area (Å²) in [6, 6.07) is 0. The lowest BCUT2D eigenvalue weighted by molar-refractivity contribution is -0.870. The molecule has 0 aliphatic heterocycles. The van der Waals surface area contributed by atoms with Crippen molar-refractivity contribution in [1.29, 1.82) is 0 Å². The lowest BCUT2D eigenvalue weighted by Gasteiger charge is -2.26. The van der Waals surface area contributed by atoms with Gasteiger partial charge in [0.05, 0.1) is 40.3 Å². The highest BCUT2D eigenvalue weighted by molar-refractivity contribution is 5.70. The van der Waals surface area contributed by atoms with Gasteiger partial charge in [-0.3, -0.25) is 9.59 Å². The number of rotatable bonds is 56. The molecule has 9 nitrogen and oxygen atoms in total. The van der Waals surface area contributed by atoms with Gasteiger partial charge in [0.2, 0.25) is 0 Å². The van der Waals surface area contributed by atoms with Crippen LogP contribution in [0.2, 0.25) is 0 Å². The molecule has 9 heteroatoms. The molecular weight excluding hydrogens is 887 g/mol. The minimum Gasteiger partial charge on any atom is -0.545 e. The van der Waals surface area contributed by atoms with Gasteiger partial charge in [-0.05, 0) is 51.4 Å². The van der Waals surface area contributed by atoms with Crippen molar-refractivity contribution in [2.75, 3.05) is 47.5 Å². The summed E-state index contributed by atoms with van der Waals surface area (Å²) in [6.07, 6.45) is 62.1. The number of ether oxygens (including phenoxy) is 4. The number of nitrogens with zero attached hydrogens (tertiary/aromatic N) is 1.